The number of hydrogen-bond donors (Lipinski definition) is 1. The maximum atomic E-state index is 14.5. The molecule has 0 saturated heterocycles. The minimum atomic E-state index is 0.101. The molecule has 59 heavy (non-hydrogen) atoms. The lowest BCUT2D eigenvalue weighted by Gasteiger charge is -2.32. The van der Waals surface area contributed by atoms with Crippen molar-refractivity contribution in [3.05, 3.63) is 104 Å². The lowest BCUT2D eigenvalue weighted by Crippen LogP contribution is -3.03. The first-order chi connectivity index (χ1) is 28.9. The number of hydrogen-bond acceptors (Lipinski definition) is 4. The van der Waals surface area contributed by atoms with Gasteiger partial charge in [-0.15, -0.1) is 0 Å². The van der Waals surface area contributed by atoms with E-state index in [4.69, 9.17) is 4.99 Å². The van der Waals surface area contributed by atoms with E-state index in [1.165, 1.54) is 160 Å². The van der Waals surface area contributed by atoms with Gasteiger partial charge in [-0.1, -0.05) is 140 Å². The van der Waals surface area contributed by atoms with Gasteiger partial charge in [-0.05, 0) is 141 Å². The Morgan fingerprint density at radius 3 is 1.92 bits per heavy atom. The number of aliphatic imine (C=N–C) groups is 1. The second kappa shape index (κ2) is 25.1. The molecule has 3 aromatic carbocycles. The summed E-state index contributed by atoms with van der Waals surface area (Å²) in [6.45, 7) is 6.57. The van der Waals surface area contributed by atoms with Gasteiger partial charge < -0.3 is 5.11 Å². The number of thiazole rings is 1. The van der Waals surface area contributed by atoms with Crippen LogP contribution in [0.1, 0.15) is 147 Å². The number of benzene rings is 3. The summed E-state index contributed by atoms with van der Waals surface area (Å²) in [6.07, 6.45) is 30.8. The second-order valence-electron chi connectivity index (χ2n) is 16.3. The number of halogens is 3. The Hall–Kier alpha value is -1.26. The molecular formula is C50H63I3N3OS2+. The van der Waals surface area contributed by atoms with E-state index >= 15 is 0 Å². The summed E-state index contributed by atoms with van der Waals surface area (Å²) < 4.78 is 7.35. The Labute approximate surface area is 404 Å². The molecule has 2 heterocycles. The van der Waals surface area contributed by atoms with Crippen molar-refractivity contribution in [1.29, 1.82) is 0 Å². The summed E-state index contributed by atoms with van der Waals surface area (Å²) in [5.41, 5.74) is 5.75. The smallest absolute Gasteiger partial charge is 0.263 e. The standard InChI is InChI=1S/C50H62I3N3OS2/c1-3-5-7-9-11-13-15-17-19-21-30-55-43-28-26-38(52)33-45(43)58-47(55)35-41-49(54-40-25-23-24-37(51)32-40)42(50(41)57)36-48-56(44-29-27-39(53)34-46(44)59-48)31-22-20-18-16-14-12-10-8-6-4-2/h23-29,32-36H,3-22,30-31H2,1-2H3/p+1. The third-order valence-electron chi connectivity index (χ3n) is 11.6. The van der Waals surface area contributed by atoms with E-state index in [9.17, 15) is 5.11 Å². The lowest BCUT2D eigenvalue weighted by atomic mass is 9.86. The van der Waals surface area contributed by atoms with Crippen molar-refractivity contribution in [2.45, 2.75) is 154 Å². The summed E-state index contributed by atoms with van der Waals surface area (Å²) in [4.78, 5) is 7.93. The normalized spacial score (nSPS) is 17.2. The molecule has 1 aliphatic carbocycles. The van der Waals surface area contributed by atoms with Crippen molar-refractivity contribution in [1.82, 2.24) is 0 Å². The van der Waals surface area contributed by atoms with Crippen LogP contribution in [0.4, 0.5) is 11.4 Å². The number of fused-ring (bicyclic) bond motifs is 2. The number of aryl methyl sites for hydroxylation is 1. The van der Waals surface area contributed by atoms with Crippen molar-refractivity contribution in [3.63, 3.8) is 0 Å². The molecule has 1 N–H and O–H groups in total. The number of nitrogens with zero attached hydrogens (tertiary/aromatic N) is 2. The molecule has 0 bridgehead atoms. The van der Waals surface area contributed by atoms with Gasteiger partial charge in [0, 0.05) is 52.6 Å². The number of allylic oxidation sites excluding steroid dienone is 3. The lowest BCUT2D eigenvalue weighted by molar-refractivity contribution is -0.780. The van der Waals surface area contributed by atoms with Gasteiger partial charge >= 0.3 is 0 Å². The molecule has 316 valence electrons. The summed E-state index contributed by atoms with van der Waals surface area (Å²) >= 11 is 10.8. The van der Waals surface area contributed by atoms with E-state index in [0.717, 1.165) is 50.6 Å². The van der Waals surface area contributed by atoms with Crippen LogP contribution >= 0.6 is 90.9 Å². The zero-order chi connectivity index (χ0) is 41.4. The summed E-state index contributed by atoms with van der Waals surface area (Å²) in [5.74, 6) is 0.101. The maximum Gasteiger partial charge on any atom is 0.263 e. The van der Waals surface area contributed by atoms with E-state index in [-0.39, 0.29) is 5.76 Å². The topological polar surface area (TPSA) is 43.7 Å². The first-order valence-corrected chi connectivity index (χ1v) is 27.4. The molecule has 1 atom stereocenters. The van der Waals surface area contributed by atoms with Crippen LogP contribution in [0.5, 0.6) is 0 Å². The molecule has 0 fully saturated rings. The number of rotatable bonds is 25. The number of nitrogens with one attached hydrogen (secondary N) is 1. The minimum Gasteiger partial charge on any atom is -0.872 e. The Bertz CT molecular complexity index is 2120. The van der Waals surface area contributed by atoms with Crippen LogP contribution in [-0.4, -0.2) is 12.3 Å². The Morgan fingerprint density at radius 2 is 1.25 bits per heavy atom. The highest BCUT2D eigenvalue weighted by molar-refractivity contribution is 14.1. The van der Waals surface area contributed by atoms with Crippen LogP contribution in [0.25, 0.3) is 16.3 Å². The number of unbranched alkanes of at least 4 members (excludes halogenated alkanes) is 18. The van der Waals surface area contributed by atoms with Gasteiger partial charge in [0.25, 0.3) is 5.01 Å². The Kier molecular flexibility index (Phi) is 20.1. The molecule has 1 aromatic heterocycles. The molecule has 0 amide bonds. The molecular weight excluding hydrogens is 1100 g/mol. The van der Waals surface area contributed by atoms with E-state index < -0.39 is 0 Å². The van der Waals surface area contributed by atoms with Crippen LogP contribution < -0.4 is 14.6 Å². The summed E-state index contributed by atoms with van der Waals surface area (Å²) in [7, 11) is 0. The highest BCUT2D eigenvalue weighted by Gasteiger charge is 2.34. The fourth-order valence-electron chi connectivity index (χ4n) is 8.24. The quantitative estimate of drug-likeness (QED) is 0.0408. The number of quaternary nitrogens is 1. The molecule has 0 spiro atoms. The molecule has 9 heteroatoms. The number of thioether (sulfide) groups is 1. The molecule has 1 aliphatic heterocycles. The SMILES string of the molecule is CCCCCCCCCCCC[n+]1c(C=C2C(=Nc3cccc(I)c3)C(C=C3Sc4cc(I)ccc4[NH+]3CCCCCCCCCCCC)=C2[O-])sc2cc(I)ccc21. The van der Waals surface area contributed by atoms with E-state index in [0.29, 0.717) is 0 Å². The van der Waals surface area contributed by atoms with Gasteiger partial charge in [0.2, 0.25) is 5.52 Å². The first kappa shape index (κ1) is 47.2. The molecule has 6 rings (SSSR count). The van der Waals surface area contributed by atoms with Gasteiger partial charge in [0.1, 0.15) is 4.70 Å². The fourth-order valence-corrected chi connectivity index (χ4v) is 12.6. The predicted octanol–water partition coefficient (Wildman–Crippen LogP) is 14.8. The highest BCUT2D eigenvalue weighted by Crippen LogP contribution is 2.40. The molecule has 2 aliphatic rings. The van der Waals surface area contributed by atoms with Gasteiger partial charge in [-0.2, -0.15) is 4.57 Å². The van der Waals surface area contributed by atoms with Crippen molar-refractivity contribution in [2.75, 3.05) is 6.54 Å². The molecule has 4 aromatic rings. The largest absolute Gasteiger partial charge is 0.872 e. The Morgan fingerprint density at radius 1 is 0.661 bits per heavy atom. The van der Waals surface area contributed by atoms with E-state index in [1.807, 2.05) is 11.8 Å². The molecule has 0 radical (unpaired) electrons. The minimum absolute atomic E-state index is 0.101. The van der Waals surface area contributed by atoms with Gasteiger partial charge in [0.15, 0.2) is 17.3 Å². The molecule has 1 unspecified atom stereocenters. The molecule has 0 saturated carbocycles. The first-order valence-electron chi connectivity index (χ1n) is 22.5. The van der Waals surface area contributed by atoms with Gasteiger partial charge in [0.05, 0.1) is 22.8 Å². The van der Waals surface area contributed by atoms with Crippen molar-refractivity contribution >= 4 is 124 Å². The molecule has 4 nitrogen and oxygen atoms in total. The monoisotopic (exact) mass is 1170 g/mol. The van der Waals surface area contributed by atoms with Crippen LogP contribution in [0, 0.1) is 10.7 Å². The van der Waals surface area contributed by atoms with Crippen molar-refractivity contribution in [2.24, 2.45) is 4.99 Å². The average Bonchev–Trinajstić information content (AvgIpc) is 3.75. The zero-order valence-electron chi connectivity index (χ0n) is 35.2. The maximum absolute atomic E-state index is 14.5. The van der Waals surface area contributed by atoms with Gasteiger partial charge in [-0.3, -0.25) is 4.90 Å². The number of aromatic nitrogens is 1. The fraction of sp³-hybridized carbons (Fsp3) is 0.480. The third-order valence-corrected chi connectivity index (χ3v) is 15.8. The van der Waals surface area contributed by atoms with Crippen molar-refractivity contribution in [3.8, 4) is 0 Å². The van der Waals surface area contributed by atoms with E-state index in [1.54, 1.807) is 11.3 Å². The predicted molar refractivity (Wildman–Crippen MR) is 278 cm³/mol. The average molecular weight is 1170 g/mol. The summed E-state index contributed by atoms with van der Waals surface area (Å²) in [6, 6.07) is 21.9. The van der Waals surface area contributed by atoms with Crippen LogP contribution in [0.15, 0.2) is 98.6 Å². The summed E-state index contributed by atoms with van der Waals surface area (Å²) in [5, 5.41) is 16.8. The highest BCUT2D eigenvalue weighted by atomic mass is 127. The Balaban J connectivity index is 1.23. The van der Waals surface area contributed by atoms with E-state index in [2.05, 4.69) is 159 Å². The second-order valence-corrected chi connectivity index (χ2v) is 22.2. The van der Waals surface area contributed by atoms with Crippen molar-refractivity contribution < 1.29 is 14.6 Å². The van der Waals surface area contributed by atoms with Crippen LogP contribution in [0.3, 0.4) is 0 Å². The van der Waals surface area contributed by atoms with Crippen LogP contribution in [0.2, 0.25) is 0 Å². The van der Waals surface area contributed by atoms with Crippen LogP contribution in [-0.2, 0) is 6.54 Å². The third kappa shape index (κ3) is 13.9. The zero-order valence-corrected chi connectivity index (χ0v) is 43.3. The van der Waals surface area contributed by atoms with Gasteiger partial charge in [-0.25, -0.2) is 4.99 Å².